The third-order valence-electron chi connectivity index (χ3n) is 21.1. The van der Waals surface area contributed by atoms with E-state index in [2.05, 4.69) is 141 Å². The lowest BCUT2D eigenvalue weighted by Gasteiger charge is -2.45. The van der Waals surface area contributed by atoms with Crippen molar-refractivity contribution in [2.24, 2.45) is 0 Å². The SMILES string of the molecule is CC(C)(C)c1ccc(N(c2ccc3c(c2)N(c2cccc4c2oc2ccccc24)c2cc([Si](c4ccc(C(F)(F)F)cc4)(c4ccc(C(F)(F)F)cc4)c4ccc(C(F)(F)F)cc4)cc4c2B3c2sc3ccc(C(C)(C)C)cc3c2N4c2ccc(Oc3ccccc3)cc2)c2ccccc2-c2ccccc2)cc1. The molecular weight excluding hydrogens is 1410 g/mol. The van der Waals surface area contributed by atoms with Crippen LogP contribution in [0.25, 0.3) is 43.2 Å². The third-order valence-corrected chi connectivity index (χ3v) is 27.0. The number of fused-ring (bicyclic) bond motifs is 9. The minimum absolute atomic E-state index is 0.192. The molecule has 13 aromatic carbocycles. The van der Waals surface area contributed by atoms with Crippen LogP contribution in [0.1, 0.15) is 69.4 Å². The molecule has 0 amide bonds. The van der Waals surface area contributed by atoms with Crippen LogP contribution in [0.4, 0.5) is 90.7 Å². The topological polar surface area (TPSA) is 32.1 Å². The van der Waals surface area contributed by atoms with E-state index < -0.39 is 50.0 Å². The van der Waals surface area contributed by atoms with Crippen molar-refractivity contribution in [3.63, 3.8) is 0 Å². The first kappa shape index (κ1) is 69.5. The largest absolute Gasteiger partial charge is 0.457 e. The first-order chi connectivity index (χ1) is 51.7. The fourth-order valence-electron chi connectivity index (χ4n) is 15.8. The highest BCUT2D eigenvalue weighted by Gasteiger charge is 2.51. The van der Waals surface area contributed by atoms with E-state index >= 15 is 39.5 Å². The molecule has 0 radical (unpaired) electrons. The van der Waals surface area contributed by atoms with Crippen molar-refractivity contribution in [3.8, 4) is 22.6 Å². The van der Waals surface area contributed by atoms with Gasteiger partial charge in [0.25, 0.3) is 6.71 Å². The Bertz CT molecular complexity index is 5810. The van der Waals surface area contributed by atoms with Crippen molar-refractivity contribution >= 4 is 146 Å². The summed E-state index contributed by atoms with van der Waals surface area (Å²) < 4.78 is 152. The molecule has 0 unspecified atom stereocenters. The predicted molar refractivity (Wildman–Crippen MR) is 426 cm³/mol. The summed E-state index contributed by atoms with van der Waals surface area (Å²) in [4.78, 5) is 6.65. The minimum atomic E-state index is -4.84. The molecule has 4 heterocycles. The molecule has 0 aliphatic carbocycles. The highest BCUT2D eigenvalue weighted by Crippen LogP contribution is 2.52. The molecule has 2 aliphatic heterocycles. The Morgan fingerprint density at radius 2 is 0.907 bits per heavy atom. The van der Waals surface area contributed by atoms with Gasteiger partial charge in [-0.2, -0.15) is 39.5 Å². The second kappa shape index (κ2) is 25.9. The van der Waals surface area contributed by atoms with Crippen LogP contribution in [-0.2, 0) is 29.4 Å². The van der Waals surface area contributed by atoms with Gasteiger partial charge in [0, 0.05) is 65.3 Å². The Hall–Kier alpha value is -11.5. The molecule has 15 aromatic rings. The summed E-state index contributed by atoms with van der Waals surface area (Å²) in [6.45, 7) is 12.4. The lowest BCUT2D eigenvalue weighted by molar-refractivity contribution is -0.138. The number of furan rings is 1. The third kappa shape index (κ3) is 12.0. The summed E-state index contributed by atoms with van der Waals surface area (Å²) in [6, 6.07) is 88.7. The average molecular weight is 1480 g/mol. The van der Waals surface area contributed by atoms with Gasteiger partial charge in [0.1, 0.15) is 17.1 Å². The zero-order valence-electron chi connectivity index (χ0n) is 59.3. The van der Waals surface area contributed by atoms with Crippen molar-refractivity contribution < 1.29 is 48.7 Å². The van der Waals surface area contributed by atoms with Gasteiger partial charge < -0.3 is 23.9 Å². The highest BCUT2D eigenvalue weighted by atomic mass is 32.1. The van der Waals surface area contributed by atoms with E-state index in [0.717, 1.165) is 118 Å². The molecule has 0 fully saturated rings. The van der Waals surface area contributed by atoms with Gasteiger partial charge in [0.2, 0.25) is 0 Å². The van der Waals surface area contributed by atoms with Crippen LogP contribution in [0.3, 0.4) is 0 Å². The van der Waals surface area contributed by atoms with Crippen LogP contribution < -0.4 is 55.9 Å². The molecule has 0 bridgehead atoms. The van der Waals surface area contributed by atoms with Gasteiger partial charge in [-0.3, -0.25) is 0 Å². The zero-order chi connectivity index (χ0) is 75.0. The summed E-state index contributed by atoms with van der Waals surface area (Å²) >= 11 is 1.66. The number of alkyl halides is 9. The molecule has 2 aromatic heterocycles. The number of thiophene rings is 1. The Morgan fingerprint density at radius 1 is 0.398 bits per heavy atom. The van der Waals surface area contributed by atoms with E-state index in [0.29, 0.717) is 56.3 Å². The van der Waals surface area contributed by atoms with Crippen molar-refractivity contribution in [1.82, 2.24) is 0 Å². The Balaban J connectivity index is 1.05. The maximum Gasteiger partial charge on any atom is 0.416 e. The predicted octanol–water partition coefficient (Wildman–Crippen LogP) is 22.8. The van der Waals surface area contributed by atoms with Crippen molar-refractivity contribution in [2.75, 3.05) is 14.7 Å². The van der Waals surface area contributed by atoms with Crippen LogP contribution in [0.15, 0.2) is 302 Å². The lowest BCUT2D eigenvalue weighted by Crippen LogP contribution is -2.75. The lowest BCUT2D eigenvalue weighted by atomic mass is 9.36. The highest BCUT2D eigenvalue weighted by molar-refractivity contribution is 7.33. The van der Waals surface area contributed by atoms with Crippen LogP contribution in [-0.4, -0.2) is 14.8 Å². The van der Waals surface area contributed by atoms with E-state index in [4.69, 9.17) is 9.15 Å². The molecule has 0 spiro atoms. The molecule has 0 N–H and O–H groups in total. The number of hydrogen-bond acceptors (Lipinski definition) is 6. The second-order valence-electron chi connectivity index (χ2n) is 29.7. The standard InChI is InChI=1S/C91H67BF9N3O2SSi/c1-87(2,3)57-28-37-62(38-29-57)102(76-25-15-13-22-71(76)56-18-9-7-10-19-56)64-41-50-75-78(53-64)104(77-26-17-24-73-72-23-14-16-27-81(72)106-85(73)77)80-55-70(108(67-44-30-58(31-45-67)89(93,94)95,68-46-32-59(33-47-68)90(96,97)98)69-48-34-60(35-49-69)91(99,100)101)54-79-83(80)92(75)86-84(74-52-61(88(4,5)6)36-51-82(74)107-86)103(79)63-39-42-66(43-40-63)105-65-20-11-8-12-21-65/h7-55H,1-6H3. The van der Waals surface area contributed by atoms with Gasteiger partial charge >= 0.3 is 18.5 Å². The molecule has 108 heavy (non-hydrogen) atoms. The van der Waals surface area contributed by atoms with Crippen molar-refractivity contribution in [1.29, 1.82) is 0 Å². The van der Waals surface area contributed by atoms with Gasteiger partial charge in [-0.25, -0.2) is 0 Å². The van der Waals surface area contributed by atoms with Gasteiger partial charge in [-0.1, -0.05) is 236 Å². The number of nitrogens with zero attached hydrogens (tertiary/aromatic N) is 3. The fourth-order valence-corrected chi connectivity index (χ4v) is 21.8. The van der Waals surface area contributed by atoms with Gasteiger partial charge in [-0.05, 0) is 162 Å². The molecule has 0 saturated carbocycles. The first-order valence-electron chi connectivity index (χ1n) is 35.5. The molecule has 17 heteroatoms. The molecular formula is C91H67BF9N3O2SSi. The van der Waals surface area contributed by atoms with E-state index in [1.54, 1.807) is 11.3 Å². The van der Waals surface area contributed by atoms with Crippen LogP contribution in [0.5, 0.6) is 11.5 Å². The number of ether oxygens (including phenoxy) is 1. The van der Waals surface area contributed by atoms with Crippen LogP contribution in [0, 0.1) is 0 Å². The number of benzene rings is 13. The maximum absolute atomic E-state index is 15.2. The molecule has 534 valence electrons. The van der Waals surface area contributed by atoms with Gasteiger partial charge in [0.15, 0.2) is 13.7 Å². The van der Waals surface area contributed by atoms with E-state index in [1.807, 2.05) is 140 Å². The minimum Gasteiger partial charge on any atom is -0.457 e. The molecule has 5 nitrogen and oxygen atoms in total. The quantitative estimate of drug-likeness (QED) is 0.0691. The summed E-state index contributed by atoms with van der Waals surface area (Å²) in [6.07, 6.45) is -14.5. The molecule has 0 saturated heterocycles. The maximum atomic E-state index is 15.2. The second-order valence-corrected chi connectivity index (χ2v) is 34.6. The molecule has 0 atom stereocenters. The van der Waals surface area contributed by atoms with Crippen molar-refractivity contribution in [3.05, 3.63) is 325 Å². The summed E-state index contributed by atoms with van der Waals surface area (Å²) in [5.74, 6) is 1.13. The van der Waals surface area contributed by atoms with E-state index in [1.165, 1.54) is 36.4 Å². The fraction of sp³-hybridized carbons (Fsp3) is 0.121. The van der Waals surface area contributed by atoms with Gasteiger partial charge in [-0.15, -0.1) is 11.3 Å². The van der Waals surface area contributed by atoms with Gasteiger partial charge in [0.05, 0.1) is 33.8 Å². The van der Waals surface area contributed by atoms with Crippen molar-refractivity contribution in [2.45, 2.75) is 70.9 Å². The Kier molecular flexibility index (Phi) is 16.7. The Labute approximate surface area is 624 Å². The van der Waals surface area contributed by atoms with E-state index in [9.17, 15) is 0 Å². The molecule has 2 aliphatic rings. The summed E-state index contributed by atoms with van der Waals surface area (Å²) in [5, 5.41) is 3.69. The number of hydrogen-bond donors (Lipinski definition) is 0. The number of anilines is 9. The monoisotopic (exact) mass is 1480 g/mol. The number of halogens is 9. The zero-order valence-corrected chi connectivity index (χ0v) is 61.2. The number of para-hydroxylation sites is 4. The first-order valence-corrected chi connectivity index (χ1v) is 38.3. The average Bonchev–Trinajstić information content (AvgIpc) is 1.09. The smallest absolute Gasteiger partial charge is 0.416 e. The van der Waals surface area contributed by atoms with E-state index in [-0.39, 0.29) is 26.4 Å². The summed E-state index contributed by atoms with van der Waals surface area (Å²) in [7, 11) is -4.68. The normalized spacial score (nSPS) is 13.3. The summed E-state index contributed by atoms with van der Waals surface area (Å²) in [5.41, 5.74) is 9.75. The molecule has 17 rings (SSSR count). The van der Waals surface area contributed by atoms with Crippen LogP contribution in [0.2, 0.25) is 0 Å². The number of rotatable bonds is 12. The van der Waals surface area contributed by atoms with Crippen LogP contribution >= 0.6 is 11.3 Å². The Morgan fingerprint density at radius 3 is 1.50 bits per heavy atom.